The molecule has 0 bridgehead atoms. The van der Waals surface area contributed by atoms with Crippen LogP contribution in [0.2, 0.25) is 0 Å². The van der Waals surface area contributed by atoms with Crippen molar-refractivity contribution in [2.75, 3.05) is 32.7 Å². The topological polar surface area (TPSA) is 28.2 Å². The van der Waals surface area contributed by atoms with Crippen LogP contribution in [0.25, 0.3) is 0 Å². The molecular formula is C12H17F2N3. The zero-order valence-corrected chi connectivity index (χ0v) is 9.70. The minimum absolute atomic E-state index is 0.0719. The molecule has 1 aromatic rings. The standard InChI is InChI=1S/C12H17F2N3/c13-12(14)10-2-1-4-16-11(10)3-7-17-8-5-15-6-9-17/h1-2,4,12,15H,3,5-9H2. The number of aromatic nitrogens is 1. The van der Waals surface area contributed by atoms with E-state index in [0.29, 0.717) is 12.1 Å². The zero-order chi connectivity index (χ0) is 12.1. The molecule has 0 amide bonds. The van der Waals surface area contributed by atoms with E-state index in [9.17, 15) is 8.78 Å². The van der Waals surface area contributed by atoms with Gasteiger partial charge in [-0.15, -0.1) is 0 Å². The highest BCUT2D eigenvalue weighted by Gasteiger charge is 2.15. The van der Waals surface area contributed by atoms with Crippen molar-refractivity contribution in [1.29, 1.82) is 0 Å². The Morgan fingerprint density at radius 2 is 2.12 bits per heavy atom. The fraction of sp³-hybridized carbons (Fsp3) is 0.583. The first-order valence-corrected chi connectivity index (χ1v) is 5.92. The van der Waals surface area contributed by atoms with Crippen molar-refractivity contribution >= 4 is 0 Å². The fourth-order valence-corrected chi connectivity index (χ4v) is 2.06. The molecule has 0 atom stereocenters. The largest absolute Gasteiger partial charge is 0.314 e. The second-order valence-corrected chi connectivity index (χ2v) is 4.18. The lowest BCUT2D eigenvalue weighted by atomic mass is 10.1. The number of hydrogen-bond donors (Lipinski definition) is 1. The molecule has 0 radical (unpaired) electrons. The van der Waals surface area contributed by atoms with Crippen molar-refractivity contribution in [2.24, 2.45) is 0 Å². The summed E-state index contributed by atoms with van der Waals surface area (Å²) in [6.07, 6.45) is -0.249. The van der Waals surface area contributed by atoms with Gasteiger partial charge < -0.3 is 10.2 Å². The molecule has 1 aliphatic rings. The van der Waals surface area contributed by atoms with Gasteiger partial charge in [0.15, 0.2) is 0 Å². The summed E-state index contributed by atoms with van der Waals surface area (Å²) in [6.45, 7) is 4.72. The third-order valence-corrected chi connectivity index (χ3v) is 3.03. The first kappa shape index (κ1) is 12.4. The predicted octanol–water partition coefficient (Wildman–Crippen LogP) is 1.47. The quantitative estimate of drug-likeness (QED) is 0.865. The molecule has 0 spiro atoms. The van der Waals surface area contributed by atoms with Gasteiger partial charge in [-0.05, 0) is 12.1 Å². The average molecular weight is 241 g/mol. The molecule has 94 valence electrons. The van der Waals surface area contributed by atoms with Crippen molar-refractivity contribution in [3.05, 3.63) is 29.6 Å². The van der Waals surface area contributed by atoms with Gasteiger partial charge in [-0.3, -0.25) is 4.98 Å². The van der Waals surface area contributed by atoms with E-state index in [1.807, 2.05) is 0 Å². The van der Waals surface area contributed by atoms with Gasteiger partial charge in [-0.1, -0.05) is 0 Å². The van der Waals surface area contributed by atoms with Crippen molar-refractivity contribution < 1.29 is 8.78 Å². The van der Waals surface area contributed by atoms with E-state index in [1.54, 1.807) is 12.3 Å². The summed E-state index contributed by atoms with van der Waals surface area (Å²) >= 11 is 0. The molecule has 0 unspecified atom stereocenters. The normalized spacial score (nSPS) is 17.6. The lowest BCUT2D eigenvalue weighted by Gasteiger charge is -2.27. The van der Waals surface area contributed by atoms with Crippen LogP contribution in [-0.4, -0.2) is 42.6 Å². The van der Waals surface area contributed by atoms with Crippen LogP contribution < -0.4 is 5.32 Å². The molecule has 5 heteroatoms. The number of hydrogen-bond acceptors (Lipinski definition) is 3. The molecule has 17 heavy (non-hydrogen) atoms. The summed E-state index contributed by atoms with van der Waals surface area (Å²) < 4.78 is 25.5. The number of alkyl halides is 2. The van der Waals surface area contributed by atoms with Crippen LogP contribution in [0.3, 0.4) is 0 Å². The number of piperazine rings is 1. The van der Waals surface area contributed by atoms with Gasteiger partial charge in [0.05, 0.1) is 5.69 Å². The monoisotopic (exact) mass is 241 g/mol. The fourth-order valence-electron chi connectivity index (χ4n) is 2.06. The Morgan fingerprint density at radius 1 is 1.35 bits per heavy atom. The van der Waals surface area contributed by atoms with E-state index < -0.39 is 6.43 Å². The van der Waals surface area contributed by atoms with Crippen LogP contribution in [0.4, 0.5) is 8.78 Å². The van der Waals surface area contributed by atoms with Crippen LogP contribution in [0, 0.1) is 0 Å². The lowest BCUT2D eigenvalue weighted by molar-refractivity contribution is 0.149. The summed E-state index contributed by atoms with van der Waals surface area (Å²) in [5.41, 5.74) is 0.601. The molecule has 1 saturated heterocycles. The molecule has 1 aromatic heterocycles. The summed E-state index contributed by atoms with van der Waals surface area (Å²) in [4.78, 5) is 6.34. The summed E-state index contributed by atoms with van der Waals surface area (Å²) in [5, 5.41) is 3.27. The second-order valence-electron chi connectivity index (χ2n) is 4.18. The van der Waals surface area contributed by atoms with E-state index in [1.165, 1.54) is 6.07 Å². The SMILES string of the molecule is FC(F)c1cccnc1CCN1CCNCC1. The van der Waals surface area contributed by atoms with Crippen molar-refractivity contribution in [3.8, 4) is 0 Å². The van der Waals surface area contributed by atoms with Gasteiger partial charge in [0, 0.05) is 50.9 Å². The maximum Gasteiger partial charge on any atom is 0.265 e. The molecule has 1 aliphatic heterocycles. The molecule has 2 heterocycles. The maximum absolute atomic E-state index is 12.7. The van der Waals surface area contributed by atoms with Crippen LogP contribution in [0.15, 0.2) is 18.3 Å². The molecular weight excluding hydrogens is 224 g/mol. The minimum Gasteiger partial charge on any atom is -0.314 e. The van der Waals surface area contributed by atoms with E-state index >= 15 is 0 Å². The van der Waals surface area contributed by atoms with Gasteiger partial charge in [-0.25, -0.2) is 8.78 Å². The minimum atomic E-state index is -2.43. The highest BCUT2D eigenvalue weighted by Crippen LogP contribution is 2.21. The molecule has 0 aliphatic carbocycles. The Labute approximate surface area is 99.8 Å². The molecule has 0 aromatic carbocycles. The average Bonchev–Trinajstić information content (AvgIpc) is 2.38. The Morgan fingerprint density at radius 3 is 2.82 bits per heavy atom. The second kappa shape index (κ2) is 6.02. The lowest BCUT2D eigenvalue weighted by Crippen LogP contribution is -2.44. The number of halogens is 2. The van der Waals surface area contributed by atoms with E-state index in [-0.39, 0.29) is 5.56 Å². The van der Waals surface area contributed by atoms with Crippen LogP contribution in [0.1, 0.15) is 17.7 Å². The van der Waals surface area contributed by atoms with Crippen molar-refractivity contribution in [2.45, 2.75) is 12.8 Å². The molecule has 3 nitrogen and oxygen atoms in total. The van der Waals surface area contributed by atoms with E-state index in [2.05, 4.69) is 15.2 Å². The van der Waals surface area contributed by atoms with Gasteiger partial charge >= 0.3 is 0 Å². The number of nitrogens with one attached hydrogen (secondary N) is 1. The molecule has 2 rings (SSSR count). The predicted molar refractivity (Wildman–Crippen MR) is 62.2 cm³/mol. The summed E-state index contributed by atoms with van der Waals surface area (Å²) in [5.74, 6) is 0. The third kappa shape index (κ3) is 3.44. The number of rotatable bonds is 4. The van der Waals surface area contributed by atoms with Gasteiger partial charge in [0.1, 0.15) is 0 Å². The molecule has 1 fully saturated rings. The highest BCUT2D eigenvalue weighted by molar-refractivity contribution is 5.21. The van der Waals surface area contributed by atoms with E-state index in [0.717, 1.165) is 32.7 Å². The van der Waals surface area contributed by atoms with Crippen molar-refractivity contribution in [3.63, 3.8) is 0 Å². The number of nitrogens with zero attached hydrogens (tertiary/aromatic N) is 2. The van der Waals surface area contributed by atoms with E-state index in [4.69, 9.17) is 0 Å². The highest BCUT2D eigenvalue weighted by atomic mass is 19.3. The van der Waals surface area contributed by atoms with Gasteiger partial charge in [0.25, 0.3) is 6.43 Å². The third-order valence-electron chi connectivity index (χ3n) is 3.03. The van der Waals surface area contributed by atoms with Crippen LogP contribution in [-0.2, 0) is 6.42 Å². The first-order valence-electron chi connectivity index (χ1n) is 5.92. The Balaban J connectivity index is 1.93. The van der Waals surface area contributed by atoms with Crippen LogP contribution in [0.5, 0.6) is 0 Å². The zero-order valence-electron chi connectivity index (χ0n) is 9.70. The van der Waals surface area contributed by atoms with Gasteiger partial charge in [-0.2, -0.15) is 0 Å². The Kier molecular flexibility index (Phi) is 4.39. The van der Waals surface area contributed by atoms with Crippen molar-refractivity contribution in [1.82, 2.24) is 15.2 Å². The molecule has 1 N–H and O–H groups in total. The summed E-state index contributed by atoms with van der Waals surface area (Å²) in [7, 11) is 0. The van der Waals surface area contributed by atoms with Crippen LogP contribution >= 0.6 is 0 Å². The Hall–Kier alpha value is -1.07. The first-order chi connectivity index (χ1) is 8.27. The van der Waals surface area contributed by atoms with Gasteiger partial charge in [0.2, 0.25) is 0 Å². The summed E-state index contributed by atoms with van der Waals surface area (Å²) in [6, 6.07) is 3.03. The Bertz CT molecular complexity index is 351. The number of pyridine rings is 1. The maximum atomic E-state index is 12.7. The molecule has 0 saturated carbocycles. The smallest absolute Gasteiger partial charge is 0.265 e.